The Morgan fingerprint density at radius 1 is 1.18 bits per heavy atom. The molecule has 1 aliphatic heterocycles. The number of rotatable bonds is 2. The van der Waals surface area contributed by atoms with Gasteiger partial charge in [0.15, 0.2) is 0 Å². The van der Waals surface area contributed by atoms with Gasteiger partial charge in [-0.15, -0.1) is 0 Å². The number of carbonyl (C=O) groups excluding carboxylic acids is 1. The van der Waals surface area contributed by atoms with Gasteiger partial charge in [-0.3, -0.25) is 4.79 Å². The third kappa shape index (κ3) is 2.98. The van der Waals surface area contributed by atoms with Gasteiger partial charge in [0.2, 0.25) is 0 Å². The molecule has 0 saturated heterocycles. The van der Waals surface area contributed by atoms with Crippen molar-refractivity contribution in [2.24, 2.45) is 0 Å². The number of para-hydroxylation sites is 1. The van der Waals surface area contributed by atoms with Gasteiger partial charge in [0.1, 0.15) is 11.4 Å². The summed E-state index contributed by atoms with van der Waals surface area (Å²) in [6.45, 7) is 6.09. The highest BCUT2D eigenvalue weighted by Crippen LogP contribution is 2.39. The maximum Gasteiger partial charge on any atom is 0.251 e. The molecule has 1 amide bonds. The molecule has 1 aliphatic rings. The number of carbonyl (C=O) groups is 1. The number of hydrogen-bond acceptors (Lipinski definition) is 2. The first-order chi connectivity index (χ1) is 10.4. The second kappa shape index (κ2) is 5.48. The molecular weight excluding hydrogens is 274 g/mol. The molecule has 0 spiro atoms. The fourth-order valence-electron chi connectivity index (χ4n) is 2.96. The van der Waals surface area contributed by atoms with Gasteiger partial charge in [0, 0.05) is 17.5 Å². The topological polar surface area (TPSA) is 38.3 Å². The maximum atomic E-state index is 12.5. The summed E-state index contributed by atoms with van der Waals surface area (Å²) in [6, 6.07) is 15.5. The molecular formula is C19H21NO2. The first-order valence-corrected chi connectivity index (χ1v) is 7.60. The summed E-state index contributed by atoms with van der Waals surface area (Å²) in [6.07, 6.45) is 0.752. The average molecular weight is 295 g/mol. The zero-order valence-electron chi connectivity index (χ0n) is 13.2. The van der Waals surface area contributed by atoms with Crippen LogP contribution in [0.5, 0.6) is 5.75 Å². The fraction of sp³-hybridized carbons (Fsp3) is 0.316. The molecule has 0 saturated carbocycles. The number of aryl methyl sites for hydroxylation is 1. The summed E-state index contributed by atoms with van der Waals surface area (Å²) in [5.41, 5.74) is 2.53. The highest BCUT2D eigenvalue weighted by molar-refractivity contribution is 5.94. The van der Waals surface area contributed by atoms with E-state index in [1.54, 1.807) is 0 Å². The quantitative estimate of drug-likeness (QED) is 0.908. The zero-order chi connectivity index (χ0) is 15.7. The van der Waals surface area contributed by atoms with Crippen LogP contribution >= 0.6 is 0 Å². The number of hydrogen-bond donors (Lipinski definition) is 1. The summed E-state index contributed by atoms with van der Waals surface area (Å²) < 4.78 is 6.00. The van der Waals surface area contributed by atoms with E-state index in [1.807, 2.05) is 55.5 Å². The van der Waals surface area contributed by atoms with Crippen molar-refractivity contribution in [3.63, 3.8) is 0 Å². The number of fused-ring (bicyclic) bond motifs is 1. The van der Waals surface area contributed by atoms with E-state index in [0.29, 0.717) is 5.56 Å². The Labute approximate surface area is 131 Å². The first kappa shape index (κ1) is 14.6. The van der Waals surface area contributed by atoms with Crippen LogP contribution in [-0.2, 0) is 0 Å². The lowest BCUT2D eigenvalue weighted by Crippen LogP contribution is -2.41. The van der Waals surface area contributed by atoms with E-state index in [4.69, 9.17) is 4.74 Å². The zero-order valence-corrected chi connectivity index (χ0v) is 13.2. The SMILES string of the molecule is Cc1cccc(C(=O)N[C@H]2CC(C)(C)Oc3ccccc32)c1. The molecule has 22 heavy (non-hydrogen) atoms. The predicted molar refractivity (Wildman–Crippen MR) is 87.2 cm³/mol. The van der Waals surface area contributed by atoms with Crippen molar-refractivity contribution in [3.05, 3.63) is 65.2 Å². The lowest BCUT2D eigenvalue weighted by atomic mass is 9.89. The van der Waals surface area contributed by atoms with Gasteiger partial charge in [-0.1, -0.05) is 35.9 Å². The number of ether oxygens (including phenoxy) is 1. The number of benzene rings is 2. The average Bonchev–Trinajstić information content (AvgIpc) is 2.46. The highest BCUT2D eigenvalue weighted by Gasteiger charge is 2.34. The molecule has 1 N–H and O–H groups in total. The Balaban J connectivity index is 1.87. The van der Waals surface area contributed by atoms with Crippen molar-refractivity contribution in [1.29, 1.82) is 0 Å². The number of amides is 1. The minimum Gasteiger partial charge on any atom is -0.487 e. The fourth-order valence-corrected chi connectivity index (χ4v) is 2.96. The van der Waals surface area contributed by atoms with Crippen LogP contribution in [0, 0.1) is 6.92 Å². The Morgan fingerprint density at radius 2 is 1.95 bits per heavy atom. The van der Waals surface area contributed by atoms with Crippen molar-refractivity contribution in [3.8, 4) is 5.75 Å². The smallest absolute Gasteiger partial charge is 0.251 e. The summed E-state index contributed by atoms with van der Waals surface area (Å²) in [7, 11) is 0. The molecule has 0 radical (unpaired) electrons. The minimum absolute atomic E-state index is 0.0343. The Hall–Kier alpha value is -2.29. The van der Waals surface area contributed by atoms with Crippen LogP contribution in [-0.4, -0.2) is 11.5 Å². The molecule has 1 atom stereocenters. The monoisotopic (exact) mass is 295 g/mol. The predicted octanol–water partition coefficient (Wildman–Crippen LogP) is 4.03. The van der Waals surface area contributed by atoms with Crippen molar-refractivity contribution in [2.75, 3.05) is 0 Å². The van der Waals surface area contributed by atoms with E-state index in [0.717, 1.165) is 23.3 Å². The third-order valence-electron chi connectivity index (χ3n) is 3.96. The standard InChI is InChI=1S/C19H21NO2/c1-13-7-6-8-14(11-13)18(21)20-16-12-19(2,3)22-17-10-5-4-9-15(16)17/h4-11,16H,12H2,1-3H3,(H,20,21)/t16-/m0/s1. The van der Waals surface area contributed by atoms with Crippen LogP contribution in [0.4, 0.5) is 0 Å². The molecule has 3 rings (SSSR count). The molecule has 2 aromatic rings. The van der Waals surface area contributed by atoms with E-state index >= 15 is 0 Å². The molecule has 114 valence electrons. The van der Waals surface area contributed by atoms with Gasteiger partial charge in [-0.25, -0.2) is 0 Å². The highest BCUT2D eigenvalue weighted by atomic mass is 16.5. The molecule has 0 aromatic heterocycles. The summed E-state index contributed by atoms with van der Waals surface area (Å²) in [5, 5.41) is 3.16. The van der Waals surface area contributed by atoms with E-state index < -0.39 is 0 Å². The van der Waals surface area contributed by atoms with Crippen molar-refractivity contribution < 1.29 is 9.53 Å². The van der Waals surface area contributed by atoms with Gasteiger partial charge in [0.05, 0.1) is 6.04 Å². The summed E-state index contributed by atoms with van der Waals surface area (Å²) >= 11 is 0. The Morgan fingerprint density at radius 3 is 2.73 bits per heavy atom. The van der Waals surface area contributed by atoms with Gasteiger partial charge in [-0.2, -0.15) is 0 Å². The van der Waals surface area contributed by atoms with E-state index in [9.17, 15) is 4.79 Å². The van der Waals surface area contributed by atoms with Crippen LogP contribution in [0.2, 0.25) is 0 Å². The van der Waals surface area contributed by atoms with E-state index in [2.05, 4.69) is 19.2 Å². The normalized spacial score (nSPS) is 19.0. The third-order valence-corrected chi connectivity index (χ3v) is 3.96. The first-order valence-electron chi connectivity index (χ1n) is 7.60. The molecule has 3 heteroatoms. The molecule has 2 aromatic carbocycles. The largest absolute Gasteiger partial charge is 0.487 e. The van der Waals surface area contributed by atoms with Crippen molar-refractivity contribution >= 4 is 5.91 Å². The molecule has 1 heterocycles. The van der Waals surface area contributed by atoms with Gasteiger partial charge >= 0.3 is 0 Å². The Bertz CT molecular complexity index is 706. The summed E-state index contributed by atoms with van der Waals surface area (Å²) in [4.78, 5) is 12.5. The molecule has 0 aliphatic carbocycles. The summed E-state index contributed by atoms with van der Waals surface area (Å²) in [5.74, 6) is 0.814. The van der Waals surface area contributed by atoms with E-state index in [-0.39, 0.29) is 17.6 Å². The van der Waals surface area contributed by atoms with Crippen LogP contribution in [0.3, 0.4) is 0 Å². The minimum atomic E-state index is -0.293. The second-order valence-electron chi connectivity index (χ2n) is 6.50. The van der Waals surface area contributed by atoms with Crippen LogP contribution in [0.1, 0.15) is 47.8 Å². The van der Waals surface area contributed by atoms with Gasteiger partial charge < -0.3 is 10.1 Å². The van der Waals surface area contributed by atoms with Crippen LogP contribution < -0.4 is 10.1 Å². The molecule has 0 bridgehead atoms. The van der Waals surface area contributed by atoms with Crippen molar-refractivity contribution in [2.45, 2.75) is 38.8 Å². The molecule has 0 unspecified atom stereocenters. The van der Waals surface area contributed by atoms with Crippen molar-refractivity contribution in [1.82, 2.24) is 5.32 Å². The van der Waals surface area contributed by atoms with E-state index in [1.165, 1.54) is 0 Å². The second-order valence-corrected chi connectivity index (χ2v) is 6.50. The Kier molecular flexibility index (Phi) is 3.65. The lowest BCUT2D eigenvalue weighted by Gasteiger charge is -2.37. The number of nitrogens with one attached hydrogen (secondary N) is 1. The van der Waals surface area contributed by atoms with Gasteiger partial charge in [-0.05, 0) is 39.0 Å². The van der Waals surface area contributed by atoms with Crippen LogP contribution in [0.25, 0.3) is 0 Å². The van der Waals surface area contributed by atoms with Crippen LogP contribution in [0.15, 0.2) is 48.5 Å². The lowest BCUT2D eigenvalue weighted by molar-refractivity contribution is 0.0619. The molecule has 3 nitrogen and oxygen atoms in total. The molecule has 0 fully saturated rings. The van der Waals surface area contributed by atoms with Gasteiger partial charge in [0.25, 0.3) is 5.91 Å². The maximum absolute atomic E-state index is 12.5.